The molecular weight excluding hydrogens is 298 g/mol. The summed E-state index contributed by atoms with van der Waals surface area (Å²) in [6.45, 7) is 7.46. The highest BCUT2D eigenvalue weighted by atomic mass is 32.1. The zero-order chi connectivity index (χ0) is 16.3. The van der Waals surface area contributed by atoms with Crippen molar-refractivity contribution in [1.82, 2.24) is 0 Å². The maximum atomic E-state index is 12.2. The molecule has 22 heavy (non-hydrogen) atoms. The number of esters is 1. The number of amides is 1. The first kappa shape index (κ1) is 16.2. The van der Waals surface area contributed by atoms with Gasteiger partial charge in [0.15, 0.2) is 6.10 Å². The number of aryl methyl sites for hydroxylation is 3. The summed E-state index contributed by atoms with van der Waals surface area (Å²) in [5, 5.41) is 4.64. The van der Waals surface area contributed by atoms with Crippen LogP contribution in [0.25, 0.3) is 0 Å². The highest BCUT2D eigenvalue weighted by Gasteiger charge is 2.20. The summed E-state index contributed by atoms with van der Waals surface area (Å²) in [5.74, 6) is -0.810. The molecule has 1 amide bonds. The maximum Gasteiger partial charge on any atom is 0.349 e. The Morgan fingerprint density at radius 3 is 2.36 bits per heavy atom. The molecule has 0 radical (unpaired) electrons. The van der Waals surface area contributed by atoms with Crippen LogP contribution >= 0.6 is 11.3 Å². The van der Waals surface area contributed by atoms with Gasteiger partial charge in [0, 0.05) is 5.69 Å². The van der Waals surface area contributed by atoms with Crippen LogP contribution in [0, 0.1) is 20.8 Å². The Labute approximate surface area is 134 Å². The molecule has 0 fully saturated rings. The first-order valence-electron chi connectivity index (χ1n) is 7.01. The average Bonchev–Trinajstić information content (AvgIpc) is 2.96. The first-order chi connectivity index (χ1) is 10.4. The van der Waals surface area contributed by atoms with Gasteiger partial charge in [0.05, 0.1) is 0 Å². The summed E-state index contributed by atoms with van der Waals surface area (Å²) in [6.07, 6.45) is -0.852. The zero-order valence-electron chi connectivity index (χ0n) is 13.1. The standard InChI is InChI=1S/C17H19NO3S/c1-10-8-11(2)15(12(3)9-10)18-16(19)13(4)21-17(20)14-6-5-7-22-14/h5-9,13H,1-4H3,(H,18,19). The Balaban J connectivity index is 2.04. The van der Waals surface area contributed by atoms with Gasteiger partial charge in [-0.15, -0.1) is 11.3 Å². The molecule has 1 aromatic heterocycles. The quantitative estimate of drug-likeness (QED) is 0.871. The fourth-order valence-corrected chi connectivity index (χ4v) is 2.87. The number of hydrogen-bond donors (Lipinski definition) is 1. The van der Waals surface area contributed by atoms with Crippen molar-refractivity contribution >= 4 is 28.9 Å². The average molecular weight is 317 g/mol. The van der Waals surface area contributed by atoms with Gasteiger partial charge in [0.1, 0.15) is 4.88 Å². The van der Waals surface area contributed by atoms with Crippen molar-refractivity contribution in [2.45, 2.75) is 33.8 Å². The summed E-state index contributed by atoms with van der Waals surface area (Å²) in [4.78, 5) is 24.6. The van der Waals surface area contributed by atoms with Gasteiger partial charge in [-0.1, -0.05) is 23.8 Å². The Morgan fingerprint density at radius 1 is 1.18 bits per heavy atom. The van der Waals surface area contributed by atoms with Gasteiger partial charge in [-0.25, -0.2) is 4.79 Å². The summed E-state index contributed by atoms with van der Waals surface area (Å²) < 4.78 is 5.19. The van der Waals surface area contributed by atoms with E-state index < -0.39 is 12.1 Å². The van der Waals surface area contributed by atoms with Crippen LogP contribution < -0.4 is 5.32 Å². The van der Waals surface area contributed by atoms with Crippen molar-refractivity contribution in [3.8, 4) is 0 Å². The molecule has 0 aliphatic heterocycles. The predicted octanol–water partition coefficient (Wildman–Crippen LogP) is 3.86. The van der Waals surface area contributed by atoms with E-state index in [1.54, 1.807) is 24.4 Å². The topological polar surface area (TPSA) is 55.4 Å². The van der Waals surface area contributed by atoms with Gasteiger partial charge in [0.2, 0.25) is 0 Å². The number of benzene rings is 1. The molecule has 2 aromatic rings. The Hall–Kier alpha value is -2.14. The van der Waals surface area contributed by atoms with Crippen molar-refractivity contribution in [3.63, 3.8) is 0 Å². The number of anilines is 1. The van der Waals surface area contributed by atoms with E-state index in [-0.39, 0.29) is 5.91 Å². The minimum Gasteiger partial charge on any atom is -0.448 e. The van der Waals surface area contributed by atoms with Gasteiger partial charge >= 0.3 is 5.97 Å². The molecule has 1 aromatic carbocycles. The van der Waals surface area contributed by atoms with E-state index in [1.165, 1.54) is 11.3 Å². The van der Waals surface area contributed by atoms with Crippen molar-refractivity contribution in [1.29, 1.82) is 0 Å². The second-order valence-electron chi connectivity index (χ2n) is 5.29. The van der Waals surface area contributed by atoms with E-state index in [0.29, 0.717) is 4.88 Å². The highest BCUT2D eigenvalue weighted by Crippen LogP contribution is 2.22. The third-order valence-corrected chi connectivity index (χ3v) is 4.15. The molecule has 1 unspecified atom stereocenters. The zero-order valence-corrected chi connectivity index (χ0v) is 13.9. The van der Waals surface area contributed by atoms with E-state index in [4.69, 9.17) is 4.74 Å². The lowest BCUT2D eigenvalue weighted by atomic mass is 10.0. The molecule has 0 saturated heterocycles. The van der Waals surface area contributed by atoms with E-state index in [1.807, 2.05) is 32.9 Å². The van der Waals surface area contributed by atoms with Gasteiger partial charge in [-0.2, -0.15) is 0 Å². The summed E-state index contributed by atoms with van der Waals surface area (Å²) in [6, 6.07) is 7.45. The number of hydrogen-bond acceptors (Lipinski definition) is 4. The largest absolute Gasteiger partial charge is 0.448 e. The molecule has 116 valence electrons. The molecule has 2 rings (SSSR count). The molecule has 1 N–H and O–H groups in total. The molecule has 4 nitrogen and oxygen atoms in total. The molecule has 0 saturated carbocycles. The van der Waals surface area contributed by atoms with Gasteiger partial charge in [0.25, 0.3) is 5.91 Å². The number of carbonyl (C=O) groups is 2. The van der Waals surface area contributed by atoms with Crippen LogP contribution in [0.1, 0.15) is 33.3 Å². The van der Waals surface area contributed by atoms with Crippen molar-refractivity contribution < 1.29 is 14.3 Å². The van der Waals surface area contributed by atoms with Crippen molar-refractivity contribution in [2.75, 3.05) is 5.32 Å². The first-order valence-corrected chi connectivity index (χ1v) is 7.89. The molecule has 0 bridgehead atoms. The minimum absolute atomic E-state index is 0.333. The van der Waals surface area contributed by atoms with Gasteiger partial charge in [-0.3, -0.25) is 4.79 Å². The van der Waals surface area contributed by atoms with Crippen molar-refractivity contribution in [3.05, 3.63) is 51.2 Å². The lowest BCUT2D eigenvalue weighted by Gasteiger charge is -2.16. The Morgan fingerprint density at radius 2 is 1.82 bits per heavy atom. The third-order valence-electron chi connectivity index (χ3n) is 3.30. The SMILES string of the molecule is Cc1cc(C)c(NC(=O)C(C)OC(=O)c2cccs2)c(C)c1. The smallest absolute Gasteiger partial charge is 0.349 e. The second-order valence-corrected chi connectivity index (χ2v) is 6.24. The highest BCUT2D eigenvalue weighted by molar-refractivity contribution is 7.11. The fourth-order valence-electron chi connectivity index (χ4n) is 2.27. The van der Waals surface area contributed by atoms with Gasteiger partial charge in [-0.05, 0) is 50.3 Å². The van der Waals surface area contributed by atoms with Crippen LogP contribution in [0.3, 0.4) is 0 Å². The molecule has 1 atom stereocenters. The normalized spacial score (nSPS) is 11.8. The Kier molecular flexibility index (Phi) is 4.98. The molecule has 0 spiro atoms. The Bertz CT molecular complexity index is 669. The van der Waals surface area contributed by atoms with E-state index in [0.717, 1.165) is 22.4 Å². The van der Waals surface area contributed by atoms with Gasteiger partial charge < -0.3 is 10.1 Å². The second kappa shape index (κ2) is 6.75. The summed E-state index contributed by atoms with van der Waals surface area (Å²) in [5.41, 5.74) is 3.89. The lowest BCUT2D eigenvalue weighted by Crippen LogP contribution is -2.30. The summed E-state index contributed by atoms with van der Waals surface area (Å²) in [7, 11) is 0. The molecular formula is C17H19NO3S. The molecule has 5 heteroatoms. The van der Waals surface area contributed by atoms with E-state index in [2.05, 4.69) is 5.32 Å². The molecule has 0 aliphatic rings. The maximum absolute atomic E-state index is 12.2. The molecule has 0 aliphatic carbocycles. The predicted molar refractivity (Wildman–Crippen MR) is 88.5 cm³/mol. The van der Waals surface area contributed by atoms with E-state index >= 15 is 0 Å². The van der Waals surface area contributed by atoms with Crippen LogP contribution in [0.4, 0.5) is 5.69 Å². The summed E-state index contributed by atoms with van der Waals surface area (Å²) >= 11 is 1.29. The van der Waals surface area contributed by atoms with Crippen molar-refractivity contribution in [2.24, 2.45) is 0 Å². The van der Waals surface area contributed by atoms with Crippen LogP contribution in [0.15, 0.2) is 29.6 Å². The number of nitrogens with one attached hydrogen (secondary N) is 1. The minimum atomic E-state index is -0.852. The monoisotopic (exact) mass is 317 g/mol. The van der Waals surface area contributed by atoms with Crippen LogP contribution in [-0.2, 0) is 9.53 Å². The number of rotatable bonds is 4. The number of carbonyl (C=O) groups excluding carboxylic acids is 2. The number of thiophene rings is 1. The van der Waals surface area contributed by atoms with Crippen LogP contribution in [0.2, 0.25) is 0 Å². The lowest BCUT2D eigenvalue weighted by molar-refractivity contribution is -0.123. The number of ether oxygens (including phenoxy) is 1. The van der Waals surface area contributed by atoms with Crippen LogP contribution in [0.5, 0.6) is 0 Å². The van der Waals surface area contributed by atoms with E-state index in [9.17, 15) is 9.59 Å². The molecule has 1 heterocycles. The fraction of sp³-hybridized carbons (Fsp3) is 0.294. The van der Waals surface area contributed by atoms with Crippen LogP contribution in [-0.4, -0.2) is 18.0 Å². The third kappa shape index (κ3) is 3.74.